The van der Waals surface area contributed by atoms with Gasteiger partial charge < -0.3 is 20.8 Å². The van der Waals surface area contributed by atoms with Crippen molar-refractivity contribution in [1.82, 2.24) is 10.6 Å². The van der Waals surface area contributed by atoms with Gasteiger partial charge in [0, 0.05) is 12.0 Å². The molecule has 0 aliphatic carbocycles. The third-order valence-corrected chi connectivity index (χ3v) is 4.74. The Hall–Kier alpha value is -3.35. The number of rotatable bonds is 7. The Bertz CT molecular complexity index is 899. The van der Waals surface area contributed by atoms with Gasteiger partial charge in [0.1, 0.15) is 17.8 Å². The highest BCUT2D eigenvalue weighted by Crippen LogP contribution is 2.22. The summed E-state index contributed by atoms with van der Waals surface area (Å²) in [7, 11) is 0. The van der Waals surface area contributed by atoms with E-state index in [0.29, 0.717) is 11.1 Å². The lowest BCUT2D eigenvalue weighted by molar-refractivity contribution is -0.142. The number of aromatic hydroxyl groups is 1. The minimum atomic E-state index is -1.19. The largest absolute Gasteiger partial charge is 0.508 e. The summed E-state index contributed by atoms with van der Waals surface area (Å²) in [5.74, 6) is -2.13. The SMILES string of the molecule is CC(NC(=O)c1ccc(C(C)(C)C)cc1)C(=O)NC(Cc1ccc(O)cc1)C(=O)O. The maximum absolute atomic E-state index is 12.4. The van der Waals surface area contributed by atoms with Crippen molar-refractivity contribution in [1.29, 1.82) is 0 Å². The zero-order valence-corrected chi connectivity index (χ0v) is 17.6. The van der Waals surface area contributed by atoms with Gasteiger partial charge >= 0.3 is 5.97 Å². The molecule has 2 unspecified atom stereocenters. The minimum absolute atomic E-state index is 0.0362. The van der Waals surface area contributed by atoms with Crippen molar-refractivity contribution in [3.8, 4) is 5.75 Å². The summed E-state index contributed by atoms with van der Waals surface area (Å²) in [6.07, 6.45) is 0.0519. The van der Waals surface area contributed by atoms with Crippen LogP contribution in [0.15, 0.2) is 48.5 Å². The van der Waals surface area contributed by atoms with Gasteiger partial charge in [-0.3, -0.25) is 9.59 Å². The number of nitrogens with one attached hydrogen (secondary N) is 2. The Labute approximate surface area is 176 Å². The lowest BCUT2D eigenvalue weighted by atomic mass is 9.86. The molecule has 7 heteroatoms. The highest BCUT2D eigenvalue weighted by molar-refractivity contribution is 5.98. The number of hydrogen-bond acceptors (Lipinski definition) is 4. The van der Waals surface area contributed by atoms with E-state index in [1.807, 2.05) is 12.1 Å². The molecule has 0 heterocycles. The number of phenols is 1. The molecule has 160 valence electrons. The summed E-state index contributed by atoms with van der Waals surface area (Å²) >= 11 is 0. The fraction of sp³-hybridized carbons (Fsp3) is 0.348. The quantitative estimate of drug-likeness (QED) is 0.558. The van der Waals surface area contributed by atoms with Crippen LogP contribution in [0.25, 0.3) is 0 Å². The van der Waals surface area contributed by atoms with Crippen LogP contribution in [0, 0.1) is 0 Å². The van der Waals surface area contributed by atoms with Crippen LogP contribution in [0.3, 0.4) is 0 Å². The molecule has 0 spiro atoms. The van der Waals surface area contributed by atoms with Crippen molar-refractivity contribution in [2.45, 2.75) is 51.6 Å². The van der Waals surface area contributed by atoms with Gasteiger partial charge in [0.05, 0.1) is 0 Å². The molecule has 0 radical (unpaired) electrons. The van der Waals surface area contributed by atoms with E-state index in [0.717, 1.165) is 5.56 Å². The van der Waals surface area contributed by atoms with Crippen LogP contribution in [-0.4, -0.2) is 40.1 Å². The Balaban J connectivity index is 1.98. The first-order valence-corrected chi connectivity index (χ1v) is 9.70. The molecule has 0 aromatic heterocycles. The highest BCUT2D eigenvalue weighted by atomic mass is 16.4. The van der Waals surface area contributed by atoms with Gasteiger partial charge in [-0.15, -0.1) is 0 Å². The van der Waals surface area contributed by atoms with E-state index in [-0.39, 0.29) is 17.6 Å². The van der Waals surface area contributed by atoms with Crippen molar-refractivity contribution in [2.24, 2.45) is 0 Å². The van der Waals surface area contributed by atoms with E-state index in [1.165, 1.54) is 19.1 Å². The smallest absolute Gasteiger partial charge is 0.326 e. The van der Waals surface area contributed by atoms with E-state index >= 15 is 0 Å². The van der Waals surface area contributed by atoms with Crippen molar-refractivity contribution in [3.05, 3.63) is 65.2 Å². The molecule has 2 rings (SSSR count). The number of amides is 2. The summed E-state index contributed by atoms with van der Waals surface area (Å²) in [6, 6.07) is 11.1. The van der Waals surface area contributed by atoms with E-state index in [9.17, 15) is 24.6 Å². The van der Waals surface area contributed by atoms with Crippen molar-refractivity contribution < 1.29 is 24.6 Å². The molecule has 0 saturated carbocycles. The number of carboxylic acids is 1. The summed E-state index contributed by atoms with van der Waals surface area (Å²) in [5.41, 5.74) is 2.12. The lowest BCUT2D eigenvalue weighted by Gasteiger charge is -2.20. The first-order valence-electron chi connectivity index (χ1n) is 9.70. The normalized spacial score (nSPS) is 13.2. The number of carboxylic acid groups (broad SMARTS) is 1. The van der Waals surface area contributed by atoms with Gasteiger partial charge in [0.15, 0.2) is 0 Å². The Morgan fingerprint density at radius 2 is 1.50 bits per heavy atom. The second kappa shape index (κ2) is 9.43. The number of aliphatic carboxylic acids is 1. The first kappa shape index (κ1) is 22.9. The molecule has 0 fully saturated rings. The van der Waals surface area contributed by atoms with E-state index in [2.05, 4.69) is 31.4 Å². The molecule has 0 aliphatic heterocycles. The van der Waals surface area contributed by atoms with Crippen molar-refractivity contribution in [3.63, 3.8) is 0 Å². The Morgan fingerprint density at radius 1 is 0.933 bits per heavy atom. The van der Waals surface area contributed by atoms with Gasteiger partial charge in [-0.05, 0) is 47.7 Å². The topological polar surface area (TPSA) is 116 Å². The zero-order chi connectivity index (χ0) is 22.5. The molecule has 0 aliphatic rings. The van der Waals surface area contributed by atoms with Gasteiger partial charge in [-0.2, -0.15) is 0 Å². The summed E-state index contributed by atoms with van der Waals surface area (Å²) in [5, 5.41) is 23.8. The first-order chi connectivity index (χ1) is 14.0. The molecule has 7 nitrogen and oxygen atoms in total. The van der Waals surface area contributed by atoms with Gasteiger partial charge in [0.25, 0.3) is 5.91 Å². The number of hydrogen-bond donors (Lipinski definition) is 4. The Morgan fingerprint density at radius 3 is 2.00 bits per heavy atom. The fourth-order valence-corrected chi connectivity index (χ4v) is 2.83. The monoisotopic (exact) mass is 412 g/mol. The van der Waals surface area contributed by atoms with Crippen LogP contribution >= 0.6 is 0 Å². The van der Waals surface area contributed by atoms with E-state index < -0.39 is 29.9 Å². The molecule has 0 bridgehead atoms. The summed E-state index contributed by atoms with van der Waals surface area (Å²) in [6.45, 7) is 7.72. The van der Waals surface area contributed by atoms with Gasteiger partial charge in [-0.25, -0.2) is 4.79 Å². The Kier molecular flexibility index (Phi) is 7.21. The standard InChI is InChI=1S/C23H28N2O5/c1-14(24-21(28)16-7-9-17(10-8-16)23(2,3)4)20(27)25-19(22(29)30)13-15-5-11-18(26)12-6-15/h5-12,14,19,26H,13H2,1-4H3,(H,24,28)(H,25,27)(H,29,30). The molecule has 2 aromatic carbocycles. The van der Waals surface area contributed by atoms with Crippen LogP contribution in [0.4, 0.5) is 0 Å². The minimum Gasteiger partial charge on any atom is -0.508 e. The second-order valence-corrected chi connectivity index (χ2v) is 8.29. The number of benzene rings is 2. The van der Waals surface area contributed by atoms with Crippen molar-refractivity contribution in [2.75, 3.05) is 0 Å². The predicted molar refractivity (Wildman–Crippen MR) is 113 cm³/mol. The average molecular weight is 412 g/mol. The number of phenolic OH excluding ortho intramolecular Hbond substituents is 1. The van der Waals surface area contributed by atoms with Crippen LogP contribution in [-0.2, 0) is 21.4 Å². The van der Waals surface area contributed by atoms with Crippen LogP contribution < -0.4 is 10.6 Å². The third kappa shape index (κ3) is 6.34. The second-order valence-electron chi connectivity index (χ2n) is 8.29. The van der Waals surface area contributed by atoms with E-state index in [1.54, 1.807) is 24.3 Å². The fourth-order valence-electron chi connectivity index (χ4n) is 2.83. The zero-order valence-electron chi connectivity index (χ0n) is 17.6. The molecule has 4 N–H and O–H groups in total. The number of carbonyl (C=O) groups excluding carboxylic acids is 2. The van der Waals surface area contributed by atoms with Gasteiger partial charge in [0.2, 0.25) is 5.91 Å². The molecule has 0 saturated heterocycles. The van der Waals surface area contributed by atoms with E-state index in [4.69, 9.17) is 0 Å². The molecule has 2 atom stereocenters. The summed E-state index contributed by atoms with van der Waals surface area (Å²) in [4.78, 5) is 36.4. The summed E-state index contributed by atoms with van der Waals surface area (Å²) < 4.78 is 0. The average Bonchev–Trinajstić information content (AvgIpc) is 2.68. The lowest BCUT2D eigenvalue weighted by Crippen LogP contribution is -2.51. The molecular weight excluding hydrogens is 384 g/mol. The third-order valence-electron chi connectivity index (χ3n) is 4.74. The maximum Gasteiger partial charge on any atom is 0.326 e. The van der Waals surface area contributed by atoms with Crippen LogP contribution in [0.5, 0.6) is 5.75 Å². The predicted octanol–water partition coefficient (Wildman–Crippen LogP) is 2.62. The van der Waals surface area contributed by atoms with Crippen LogP contribution in [0.2, 0.25) is 0 Å². The molecule has 2 aromatic rings. The molecule has 30 heavy (non-hydrogen) atoms. The van der Waals surface area contributed by atoms with Crippen LogP contribution in [0.1, 0.15) is 49.2 Å². The maximum atomic E-state index is 12.4. The van der Waals surface area contributed by atoms with Gasteiger partial charge in [-0.1, -0.05) is 45.0 Å². The molecule has 2 amide bonds. The number of carbonyl (C=O) groups is 3. The highest BCUT2D eigenvalue weighted by Gasteiger charge is 2.24. The van der Waals surface area contributed by atoms with Crippen molar-refractivity contribution >= 4 is 17.8 Å². The molecular formula is C23H28N2O5.